The van der Waals surface area contributed by atoms with Crippen LogP contribution in [0.3, 0.4) is 0 Å². The summed E-state index contributed by atoms with van der Waals surface area (Å²) in [6.45, 7) is 4.50. The van der Waals surface area contributed by atoms with Crippen molar-refractivity contribution in [3.05, 3.63) is 40.6 Å². The van der Waals surface area contributed by atoms with Gasteiger partial charge in [0.05, 0.1) is 5.57 Å². The van der Waals surface area contributed by atoms with Gasteiger partial charge in [-0.3, -0.25) is 0 Å². The lowest BCUT2D eigenvalue weighted by molar-refractivity contribution is -0.132. The molecule has 3 nitrogen and oxygen atoms in total. The van der Waals surface area contributed by atoms with E-state index in [2.05, 4.69) is 11.9 Å². The molecule has 0 fully saturated rings. The summed E-state index contributed by atoms with van der Waals surface area (Å²) in [5.41, 5.74) is 0.360. The quantitative estimate of drug-likeness (QED) is 0.440. The molecule has 1 aromatic heterocycles. The lowest BCUT2D eigenvalue weighted by Gasteiger charge is -2.02. The summed E-state index contributed by atoms with van der Waals surface area (Å²) in [5, 5.41) is 13.8. The van der Waals surface area contributed by atoms with E-state index in [-0.39, 0.29) is 0 Å². The molecular weight excluding hydrogens is 210 g/mol. The first kappa shape index (κ1) is 11.7. The van der Waals surface area contributed by atoms with Gasteiger partial charge >= 0.3 is 5.97 Å². The second-order valence-electron chi connectivity index (χ2n) is 2.91. The average Bonchev–Trinajstić information content (AvgIpc) is 2.69. The summed E-state index contributed by atoms with van der Waals surface area (Å²) in [4.78, 5) is 11.8. The van der Waals surface area contributed by atoms with Gasteiger partial charge in [-0.15, -0.1) is 17.9 Å². The van der Waals surface area contributed by atoms with Gasteiger partial charge in [-0.05, 0) is 17.5 Å². The Kier molecular flexibility index (Phi) is 4.80. The van der Waals surface area contributed by atoms with Gasteiger partial charge in [0.15, 0.2) is 0 Å². The fraction of sp³-hybridized carbons (Fsp3) is 0.182. The van der Waals surface area contributed by atoms with Gasteiger partial charge in [0.1, 0.15) is 0 Å². The molecule has 2 N–H and O–H groups in total. The third-order valence-corrected chi connectivity index (χ3v) is 2.56. The average molecular weight is 223 g/mol. The molecule has 15 heavy (non-hydrogen) atoms. The Morgan fingerprint density at radius 3 is 3.00 bits per heavy atom. The molecule has 0 bridgehead atoms. The van der Waals surface area contributed by atoms with Crippen LogP contribution in [0.15, 0.2) is 35.7 Å². The molecule has 0 aliphatic rings. The zero-order valence-corrected chi connectivity index (χ0v) is 9.09. The van der Waals surface area contributed by atoms with Crippen molar-refractivity contribution in [2.45, 2.75) is 0 Å². The van der Waals surface area contributed by atoms with Crippen LogP contribution in [0.5, 0.6) is 0 Å². The lowest BCUT2D eigenvalue weighted by atomic mass is 10.2. The van der Waals surface area contributed by atoms with Crippen molar-refractivity contribution < 1.29 is 9.90 Å². The zero-order valence-electron chi connectivity index (χ0n) is 8.27. The maximum Gasteiger partial charge on any atom is 0.332 e. The minimum atomic E-state index is -0.889. The van der Waals surface area contributed by atoms with Crippen LogP contribution in [-0.4, -0.2) is 24.2 Å². The van der Waals surface area contributed by atoms with Crippen molar-refractivity contribution in [3.8, 4) is 0 Å². The minimum absolute atomic E-state index is 0.346. The summed E-state index contributed by atoms with van der Waals surface area (Å²) in [5.74, 6) is -0.889. The highest BCUT2D eigenvalue weighted by molar-refractivity contribution is 7.10. The molecule has 0 aliphatic heterocycles. The van der Waals surface area contributed by atoms with Crippen LogP contribution in [-0.2, 0) is 4.79 Å². The van der Waals surface area contributed by atoms with E-state index in [1.807, 2.05) is 17.5 Å². The second kappa shape index (κ2) is 6.16. The van der Waals surface area contributed by atoms with Gasteiger partial charge in [0.25, 0.3) is 0 Å². The fourth-order valence-electron chi connectivity index (χ4n) is 1.04. The van der Waals surface area contributed by atoms with E-state index in [0.717, 1.165) is 4.88 Å². The zero-order chi connectivity index (χ0) is 11.1. The molecule has 0 amide bonds. The highest BCUT2D eigenvalue weighted by Gasteiger charge is 2.06. The molecule has 1 aromatic rings. The second-order valence-corrected chi connectivity index (χ2v) is 3.89. The maximum atomic E-state index is 10.9. The number of hydrogen-bond donors (Lipinski definition) is 2. The standard InChI is InChI=1S/C11H13NO2S/c1-2-5-12-8-9(11(13)14)7-10-4-3-6-15-10/h2-4,6-7,12H,1,5,8H2,(H,13,14). The summed E-state index contributed by atoms with van der Waals surface area (Å²) >= 11 is 1.52. The van der Waals surface area contributed by atoms with Crippen LogP contribution in [0.25, 0.3) is 6.08 Å². The first-order chi connectivity index (χ1) is 7.24. The predicted molar refractivity (Wildman–Crippen MR) is 63.0 cm³/mol. The van der Waals surface area contributed by atoms with Gasteiger partial charge in [0, 0.05) is 18.0 Å². The summed E-state index contributed by atoms with van der Waals surface area (Å²) in [7, 11) is 0. The first-order valence-electron chi connectivity index (χ1n) is 4.53. The van der Waals surface area contributed by atoms with Crippen LogP contribution in [0, 0.1) is 0 Å². The molecule has 0 unspecified atom stereocenters. The Bertz CT molecular complexity index is 355. The Morgan fingerprint density at radius 1 is 1.67 bits per heavy atom. The highest BCUT2D eigenvalue weighted by Crippen LogP contribution is 2.13. The molecular formula is C11H13NO2S. The molecule has 1 rings (SSSR count). The predicted octanol–water partition coefficient (Wildman–Crippen LogP) is 1.99. The molecule has 0 aromatic carbocycles. The Hall–Kier alpha value is -1.39. The van der Waals surface area contributed by atoms with E-state index in [9.17, 15) is 4.79 Å². The van der Waals surface area contributed by atoms with Crippen molar-refractivity contribution in [1.82, 2.24) is 5.32 Å². The molecule has 4 heteroatoms. The van der Waals surface area contributed by atoms with Crippen molar-refractivity contribution in [3.63, 3.8) is 0 Å². The Balaban J connectivity index is 2.65. The fourth-order valence-corrected chi connectivity index (χ4v) is 1.72. The monoisotopic (exact) mass is 223 g/mol. The number of carboxylic acid groups (broad SMARTS) is 1. The van der Waals surface area contributed by atoms with E-state index >= 15 is 0 Å². The van der Waals surface area contributed by atoms with Crippen molar-refractivity contribution in [2.24, 2.45) is 0 Å². The van der Waals surface area contributed by atoms with Gasteiger partial charge < -0.3 is 10.4 Å². The van der Waals surface area contributed by atoms with E-state index in [1.54, 1.807) is 12.2 Å². The van der Waals surface area contributed by atoms with Crippen LogP contribution >= 0.6 is 11.3 Å². The Labute approximate surface area is 92.8 Å². The number of hydrogen-bond acceptors (Lipinski definition) is 3. The van der Waals surface area contributed by atoms with Gasteiger partial charge in [-0.2, -0.15) is 0 Å². The first-order valence-corrected chi connectivity index (χ1v) is 5.41. The topological polar surface area (TPSA) is 49.3 Å². The molecule has 0 aliphatic carbocycles. The number of aliphatic carboxylic acids is 1. The molecule has 0 radical (unpaired) electrons. The van der Waals surface area contributed by atoms with Gasteiger partial charge in [-0.1, -0.05) is 12.1 Å². The van der Waals surface area contributed by atoms with Crippen LogP contribution in [0.2, 0.25) is 0 Å². The normalized spacial score (nSPS) is 11.3. The largest absolute Gasteiger partial charge is 0.478 e. The third-order valence-electron chi connectivity index (χ3n) is 1.74. The highest BCUT2D eigenvalue weighted by atomic mass is 32.1. The lowest BCUT2D eigenvalue weighted by Crippen LogP contribution is -2.20. The molecule has 0 saturated heterocycles. The maximum absolute atomic E-state index is 10.9. The van der Waals surface area contributed by atoms with Crippen molar-refractivity contribution >= 4 is 23.4 Å². The minimum Gasteiger partial charge on any atom is -0.478 e. The van der Waals surface area contributed by atoms with Gasteiger partial charge in [-0.25, -0.2) is 4.79 Å². The Morgan fingerprint density at radius 2 is 2.47 bits per heavy atom. The van der Waals surface area contributed by atoms with E-state index in [1.165, 1.54) is 11.3 Å². The van der Waals surface area contributed by atoms with E-state index in [0.29, 0.717) is 18.7 Å². The number of thiophene rings is 1. The van der Waals surface area contributed by atoms with Gasteiger partial charge in [0.2, 0.25) is 0 Å². The smallest absolute Gasteiger partial charge is 0.332 e. The molecule has 1 heterocycles. The van der Waals surface area contributed by atoms with Crippen LogP contribution in [0.1, 0.15) is 4.88 Å². The summed E-state index contributed by atoms with van der Waals surface area (Å²) in [6, 6.07) is 3.79. The summed E-state index contributed by atoms with van der Waals surface area (Å²) < 4.78 is 0. The summed E-state index contributed by atoms with van der Waals surface area (Å²) in [6.07, 6.45) is 3.38. The van der Waals surface area contributed by atoms with Crippen molar-refractivity contribution in [1.29, 1.82) is 0 Å². The third kappa shape index (κ3) is 4.10. The number of rotatable bonds is 6. The molecule has 80 valence electrons. The SMILES string of the molecule is C=CCNCC(=Cc1cccs1)C(=O)O. The van der Waals surface area contributed by atoms with E-state index in [4.69, 9.17) is 5.11 Å². The van der Waals surface area contributed by atoms with Crippen LogP contribution < -0.4 is 5.32 Å². The number of carboxylic acids is 1. The molecule has 0 atom stereocenters. The van der Waals surface area contributed by atoms with Crippen molar-refractivity contribution in [2.75, 3.05) is 13.1 Å². The number of nitrogens with one attached hydrogen (secondary N) is 1. The molecule has 0 spiro atoms. The van der Waals surface area contributed by atoms with E-state index < -0.39 is 5.97 Å². The molecule has 0 saturated carbocycles. The number of carbonyl (C=O) groups is 1. The van der Waals surface area contributed by atoms with Crippen LogP contribution in [0.4, 0.5) is 0 Å².